The zero-order valence-corrected chi connectivity index (χ0v) is 14.4. The lowest BCUT2D eigenvalue weighted by molar-refractivity contribution is 0.224. The SMILES string of the molecule is Cl.NC1CCN(CCS(=O)(=O)c2ccc(Br)cc2)CC1. The van der Waals surface area contributed by atoms with Crippen LogP contribution in [-0.4, -0.2) is 44.7 Å². The highest BCUT2D eigenvalue weighted by Crippen LogP contribution is 2.16. The molecule has 0 unspecified atom stereocenters. The molecule has 114 valence electrons. The summed E-state index contributed by atoms with van der Waals surface area (Å²) in [4.78, 5) is 2.57. The highest BCUT2D eigenvalue weighted by atomic mass is 79.9. The van der Waals surface area contributed by atoms with Gasteiger partial charge >= 0.3 is 0 Å². The van der Waals surface area contributed by atoms with Crippen LogP contribution in [0.15, 0.2) is 33.6 Å². The molecule has 7 heteroatoms. The Morgan fingerprint density at radius 2 is 1.75 bits per heavy atom. The van der Waals surface area contributed by atoms with Crippen LogP contribution in [0.3, 0.4) is 0 Å². The maximum Gasteiger partial charge on any atom is 0.179 e. The van der Waals surface area contributed by atoms with Gasteiger partial charge in [0, 0.05) is 17.1 Å². The van der Waals surface area contributed by atoms with Crippen molar-refractivity contribution in [3.05, 3.63) is 28.7 Å². The van der Waals surface area contributed by atoms with Crippen molar-refractivity contribution in [1.82, 2.24) is 4.90 Å². The highest BCUT2D eigenvalue weighted by molar-refractivity contribution is 9.10. The summed E-state index contributed by atoms with van der Waals surface area (Å²) in [6.07, 6.45) is 1.91. The van der Waals surface area contributed by atoms with Crippen molar-refractivity contribution in [3.8, 4) is 0 Å². The molecular weight excluding hydrogens is 364 g/mol. The van der Waals surface area contributed by atoms with Crippen LogP contribution in [0.4, 0.5) is 0 Å². The van der Waals surface area contributed by atoms with E-state index in [1.807, 2.05) is 0 Å². The summed E-state index contributed by atoms with van der Waals surface area (Å²) < 4.78 is 25.3. The Morgan fingerprint density at radius 3 is 2.30 bits per heavy atom. The number of nitrogens with zero attached hydrogens (tertiary/aromatic N) is 1. The molecule has 1 fully saturated rings. The molecule has 20 heavy (non-hydrogen) atoms. The molecule has 0 saturated carbocycles. The molecule has 1 aromatic carbocycles. The first-order valence-corrected chi connectivity index (χ1v) is 8.88. The van der Waals surface area contributed by atoms with Gasteiger partial charge in [-0.1, -0.05) is 15.9 Å². The van der Waals surface area contributed by atoms with Gasteiger partial charge in [0.2, 0.25) is 0 Å². The second-order valence-electron chi connectivity index (χ2n) is 4.95. The van der Waals surface area contributed by atoms with Gasteiger partial charge in [0.25, 0.3) is 0 Å². The van der Waals surface area contributed by atoms with Gasteiger partial charge in [-0.15, -0.1) is 12.4 Å². The van der Waals surface area contributed by atoms with E-state index in [1.165, 1.54) is 0 Å². The average Bonchev–Trinajstić information content (AvgIpc) is 2.39. The largest absolute Gasteiger partial charge is 0.328 e. The summed E-state index contributed by atoms with van der Waals surface area (Å²) in [7, 11) is -3.18. The lowest BCUT2D eigenvalue weighted by Gasteiger charge is -2.29. The molecular formula is C13H20BrClN2O2S. The monoisotopic (exact) mass is 382 g/mol. The van der Waals surface area contributed by atoms with Crippen LogP contribution in [0.25, 0.3) is 0 Å². The molecule has 1 heterocycles. The van der Waals surface area contributed by atoms with E-state index in [4.69, 9.17) is 5.73 Å². The van der Waals surface area contributed by atoms with Gasteiger partial charge in [-0.05, 0) is 50.2 Å². The first-order valence-electron chi connectivity index (χ1n) is 6.43. The molecule has 0 aromatic heterocycles. The zero-order chi connectivity index (χ0) is 13.9. The summed E-state index contributed by atoms with van der Waals surface area (Å²) in [5.74, 6) is 0.171. The topological polar surface area (TPSA) is 63.4 Å². The third-order valence-electron chi connectivity index (χ3n) is 3.48. The molecule has 0 radical (unpaired) electrons. The lowest BCUT2D eigenvalue weighted by atomic mass is 10.1. The van der Waals surface area contributed by atoms with Gasteiger partial charge in [0.15, 0.2) is 9.84 Å². The average molecular weight is 384 g/mol. The molecule has 2 N–H and O–H groups in total. The Balaban J connectivity index is 0.00000200. The second-order valence-corrected chi connectivity index (χ2v) is 7.98. The van der Waals surface area contributed by atoms with Crippen molar-refractivity contribution < 1.29 is 8.42 Å². The summed E-state index contributed by atoms with van der Waals surface area (Å²) in [5.41, 5.74) is 5.83. The molecule has 1 aliphatic heterocycles. The molecule has 0 spiro atoms. The molecule has 0 atom stereocenters. The summed E-state index contributed by atoms with van der Waals surface area (Å²) in [6.45, 7) is 2.39. The molecule has 4 nitrogen and oxygen atoms in total. The number of hydrogen-bond acceptors (Lipinski definition) is 4. The quantitative estimate of drug-likeness (QED) is 0.864. The van der Waals surface area contributed by atoms with E-state index in [1.54, 1.807) is 24.3 Å². The van der Waals surface area contributed by atoms with E-state index in [0.29, 0.717) is 11.4 Å². The van der Waals surface area contributed by atoms with Crippen LogP contribution in [0.2, 0.25) is 0 Å². The van der Waals surface area contributed by atoms with Gasteiger partial charge in [0.1, 0.15) is 0 Å². The predicted octanol–water partition coefficient (Wildman–Crippen LogP) is 2.07. The summed E-state index contributed by atoms with van der Waals surface area (Å²) >= 11 is 3.30. The van der Waals surface area contributed by atoms with Crippen molar-refractivity contribution in [2.75, 3.05) is 25.4 Å². The fourth-order valence-electron chi connectivity index (χ4n) is 2.19. The van der Waals surface area contributed by atoms with Crippen molar-refractivity contribution in [3.63, 3.8) is 0 Å². The highest BCUT2D eigenvalue weighted by Gasteiger charge is 2.19. The van der Waals surface area contributed by atoms with Crippen molar-refractivity contribution >= 4 is 38.2 Å². The fourth-order valence-corrected chi connectivity index (χ4v) is 3.73. The molecule has 1 aliphatic rings. The Labute approximate surface area is 135 Å². The molecule has 1 aromatic rings. The summed E-state index contributed by atoms with van der Waals surface area (Å²) in [6, 6.07) is 7.08. The molecule has 2 rings (SSSR count). The zero-order valence-electron chi connectivity index (χ0n) is 11.2. The van der Waals surface area contributed by atoms with Gasteiger partial charge in [-0.25, -0.2) is 8.42 Å². The number of benzene rings is 1. The van der Waals surface area contributed by atoms with Crippen molar-refractivity contribution in [2.24, 2.45) is 5.73 Å². The molecule has 0 aliphatic carbocycles. The minimum absolute atomic E-state index is 0. The van der Waals surface area contributed by atoms with Gasteiger partial charge in [0.05, 0.1) is 10.6 Å². The number of sulfone groups is 1. The van der Waals surface area contributed by atoms with Crippen LogP contribution >= 0.6 is 28.3 Å². The van der Waals surface area contributed by atoms with Crippen LogP contribution in [0.5, 0.6) is 0 Å². The van der Waals surface area contributed by atoms with Gasteiger partial charge < -0.3 is 10.6 Å². The summed E-state index contributed by atoms with van der Waals surface area (Å²) in [5, 5.41) is 0. The number of hydrogen-bond donors (Lipinski definition) is 1. The number of halogens is 2. The number of rotatable bonds is 4. The first-order chi connectivity index (χ1) is 8.97. The van der Waals surface area contributed by atoms with E-state index in [9.17, 15) is 8.42 Å². The maximum absolute atomic E-state index is 12.2. The van der Waals surface area contributed by atoms with Crippen LogP contribution < -0.4 is 5.73 Å². The minimum atomic E-state index is -3.18. The third-order valence-corrected chi connectivity index (χ3v) is 5.72. The Hall–Kier alpha value is -0.140. The number of nitrogens with two attached hydrogens (primary N) is 1. The Kier molecular flexibility index (Phi) is 6.94. The predicted molar refractivity (Wildman–Crippen MR) is 87.1 cm³/mol. The van der Waals surface area contributed by atoms with E-state index < -0.39 is 9.84 Å². The smallest absolute Gasteiger partial charge is 0.179 e. The Morgan fingerprint density at radius 1 is 1.20 bits per heavy atom. The fraction of sp³-hybridized carbons (Fsp3) is 0.538. The van der Waals surface area contributed by atoms with Crippen molar-refractivity contribution in [2.45, 2.75) is 23.8 Å². The van der Waals surface area contributed by atoms with E-state index in [0.717, 1.165) is 30.4 Å². The normalized spacial score (nSPS) is 17.7. The third kappa shape index (κ3) is 5.00. The maximum atomic E-state index is 12.2. The Bertz CT molecular complexity index is 514. The molecule has 0 bridgehead atoms. The lowest BCUT2D eigenvalue weighted by Crippen LogP contribution is -2.41. The van der Waals surface area contributed by atoms with Crippen LogP contribution in [0.1, 0.15) is 12.8 Å². The second kappa shape index (κ2) is 7.75. The van der Waals surface area contributed by atoms with Crippen LogP contribution in [0, 0.1) is 0 Å². The molecule has 1 saturated heterocycles. The van der Waals surface area contributed by atoms with E-state index >= 15 is 0 Å². The number of likely N-dealkylation sites (tertiary alicyclic amines) is 1. The first kappa shape index (κ1) is 17.9. The van der Waals surface area contributed by atoms with E-state index in [-0.39, 0.29) is 24.2 Å². The van der Waals surface area contributed by atoms with Crippen molar-refractivity contribution in [1.29, 1.82) is 0 Å². The van der Waals surface area contributed by atoms with Gasteiger partial charge in [-0.3, -0.25) is 0 Å². The minimum Gasteiger partial charge on any atom is -0.328 e. The number of piperidine rings is 1. The standard InChI is InChI=1S/C13H19BrN2O2S.ClH/c14-11-1-3-13(4-2-11)19(17,18)10-9-16-7-5-12(15)6-8-16;/h1-4,12H,5-10,15H2;1H. The van der Waals surface area contributed by atoms with Crippen LogP contribution in [-0.2, 0) is 9.84 Å². The van der Waals surface area contributed by atoms with E-state index in [2.05, 4.69) is 20.8 Å². The van der Waals surface area contributed by atoms with Gasteiger partial charge in [-0.2, -0.15) is 0 Å². The molecule has 0 amide bonds.